The van der Waals surface area contributed by atoms with Crippen LogP contribution in [0.25, 0.3) is 0 Å². The lowest BCUT2D eigenvalue weighted by Gasteiger charge is -2.34. The molecular formula is C16H25NS2. The van der Waals surface area contributed by atoms with Crippen molar-refractivity contribution in [3.8, 4) is 0 Å². The molecule has 3 heteroatoms. The molecule has 1 nitrogen and oxygen atoms in total. The Morgan fingerprint density at radius 3 is 2.42 bits per heavy atom. The average molecular weight is 296 g/mol. The number of nitrogens with two attached hydrogens (primary N) is 1. The molecule has 0 radical (unpaired) electrons. The number of benzene rings is 1. The Bertz CT molecular complexity index is 413. The molecule has 0 aliphatic carbocycles. The van der Waals surface area contributed by atoms with Crippen molar-refractivity contribution in [1.82, 2.24) is 0 Å². The summed E-state index contributed by atoms with van der Waals surface area (Å²) in [5, 5.41) is 2.07. The van der Waals surface area contributed by atoms with Crippen molar-refractivity contribution in [2.75, 3.05) is 5.75 Å². The maximum atomic E-state index is 6.49. The van der Waals surface area contributed by atoms with Crippen molar-refractivity contribution < 1.29 is 0 Å². The summed E-state index contributed by atoms with van der Waals surface area (Å²) in [6, 6.07) is 6.80. The third-order valence-electron chi connectivity index (χ3n) is 4.14. The number of hydrogen-bond donors (Lipinski definition) is 1. The smallest absolute Gasteiger partial charge is 0.0295 e. The number of rotatable bonds is 3. The first-order chi connectivity index (χ1) is 8.99. The molecule has 2 N–H and O–H groups in total. The van der Waals surface area contributed by atoms with Crippen molar-refractivity contribution in [3.63, 3.8) is 0 Å². The topological polar surface area (TPSA) is 26.0 Å². The monoisotopic (exact) mass is 295 g/mol. The Kier molecular flexibility index (Phi) is 5.27. The summed E-state index contributed by atoms with van der Waals surface area (Å²) < 4.78 is 0. The minimum atomic E-state index is 0.271. The van der Waals surface area contributed by atoms with Crippen LogP contribution >= 0.6 is 23.5 Å². The minimum absolute atomic E-state index is 0.271. The third-order valence-corrected chi connectivity index (χ3v) is 7.71. The van der Waals surface area contributed by atoms with Gasteiger partial charge in [0.15, 0.2) is 0 Å². The Labute approximate surface area is 126 Å². The summed E-state index contributed by atoms with van der Waals surface area (Å²) in [5.74, 6) is 1.20. The molecule has 106 valence electrons. The van der Waals surface area contributed by atoms with Crippen LogP contribution in [0.15, 0.2) is 18.2 Å². The van der Waals surface area contributed by atoms with Crippen LogP contribution in [-0.2, 0) is 6.42 Å². The van der Waals surface area contributed by atoms with Crippen LogP contribution in [0.1, 0.15) is 30.5 Å². The summed E-state index contributed by atoms with van der Waals surface area (Å²) >= 11 is 4.17. The molecule has 1 aliphatic heterocycles. The highest BCUT2D eigenvalue weighted by Gasteiger charge is 2.29. The van der Waals surface area contributed by atoms with Crippen molar-refractivity contribution in [2.24, 2.45) is 5.73 Å². The summed E-state index contributed by atoms with van der Waals surface area (Å²) in [4.78, 5) is 0. The SMILES string of the molecule is Cc1cccc(C)c1CC(N)C1CSC(C)C(C)S1. The van der Waals surface area contributed by atoms with Gasteiger partial charge in [0, 0.05) is 27.5 Å². The predicted octanol–water partition coefficient (Wildman–Crippen LogP) is 3.80. The first-order valence-corrected chi connectivity index (χ1v) is 9.06. The highest BCUT2D eigenvalue weighted by Crippen LogP contribution is 2.37. The fraction of sp³-hybridized carbons (Fsp3) is 0.625. The zero-order valence-electron chi connectivity index (χ0n) is 12.3. The Morgan fingerprint density at radius 1 is 1.21 bits per heavy atom. The molecule has 0 saturated carbocycles. The Balaban J connectivity index is 2.03. The van der Waals surface area contributed by atoms with E-state index in [0.29, 0.717) is 10.5 Å². The van der Waals surface area contributed by atoms with Gasteiger partial charge in [0.1, 0.15) is 0 Å². The lowest BCUT2D eigenvalue weighted by Crippen LogP contribution is -2.41. The zero-order valence-corrected chi connectivity index (χ0v) is 14.0. The van der Waals surface area contributed by atoms with E-state index in [1.54, 1.807) is 0 Å². The van der Waals surface area contributed by atoms with E-state index >= 15 is 0 Å². The molecule has 1 saturated heterocycles. The van der Waals surface area contributed by atoms with Crippen LogP contribution in [0.4, 0.5) is 0 Å². The van der Waals surface area contributed by atoms with E-state index in [2.05, 4.69) is 69.4 Å². The second-order valence-corrected chi connectivity index (χ2v) is 8.69. The van der Waals surface area contributed by atoms with E-state index < -0.39 is 0 Å². The molecule has 1 aliphatic rings. The highest BCUT2D eigenvalue weighted by atomic mass is 32.2. The summed E-state index contributed by atoms with van der Waals surface area (Å²) in [7, 11) is 0. The molecule has 4 unspecified atom stereocenters. The van der Waals surface area contributed by atoms with Crippen LogP contribution < -0.4 is 5.73 Å². The van der Waals surface area contributed by atoms with Crippen LogP contribution in [0.5, 0.6) is 0 Å². The third kappa shape index (κ3) is 3.71. The molecule has 1 aromatic carbocycles. The maximum absolute atomic E-state index is 6.49. The van der Waals surface area contributed by atoms with Crippen molar-refractivity contribution in [2.45, 2.75) is 55.9 Å². The fourth-order valence-electron chi connectivity index (χ4n) is 2.57. The molecule has 0 amide bonds. The summed E-state index contributed by atoms with van der Waals surface area (Å²) in [5.41, 5.74) is 10.7. The second kappa shape index (κ2) is 6.55. The van der Waals surface area contributed by atoms with Gasteiger partial charge in [0.25, 0.3) is 0 Å². The first-order valence-electron chi connectivity index (χ1n) is 7.06. The zero-order chi connectivity index (χ0) is 14.0. The van der Waals surface area contributed by atoms with E-state index in [-0.39, 0.29) is 6.04 Å². The van der Waals surface area contributed by atoms with Gasteiger partial charge >= 0.3 is 0 Å². The van der Waals surface area contributed by atoms with Crippen LogP contribution in [-0.4, -0.2) is 27.5 Å². The molecule has 2 rings (SSSR count). The van der Waals surface area contributed by atoms with Gasteiger partial charge in [0.05, 0.1) is 0 Å². The molecule has 1 heterocycles. The summed E-state index contributed by atoms with van der Waals surface area (Å²) in [6.07, 6.45) is 1.01. The summed E-state index contributed by atoms with van der Waals surface area (Å²) in [6.45, 7) is 9.06. The van der Waals surface area contributed by atoms with Gasteiger partial charge in [-0.1, -0.05) is 32.0 Å². The van der Waals surface area contributed by atoms with E-state index in [4.69, 9.17) is 5.73 Å². The van der Waals surface area contributed by atoms with Crippen molar-refractivity contribution in [3.05, 3.63) is 34.9 Å². The van der Waals surface area contributed by atoms with E-state index in [9.17, 15) is 0 Å². The van der Waals surface area contributed by atoms with Crippen LogP contribution in [0.3, 0.4) is 0 Å². The van der Waals surface area contributed by atoms with Gasteiger partial charge < -0.3 is 5.73 Å². The normalized spacial score (nSPS) is 29.2. The van der Waals surface area contributed by atoms with Gasteiger partial charge in [-0.2, -0.15) is 23.5 Å². The molecular weight excluding hydrogens is 270 g/mol. The van der Waals surface area contributed by atoms with Crippen molar-refractivity contribution >= 4 is 23.5 Å². The highest BCUT2D eigenvalue weighted by molar-refractivity contribution is 8.07. The van der Waals surface area contributed by atoms with Crippen LogP contribution in [0.2, 0.25) is 0 Å². The van der Waals surface area contributed by atoms with E-state index in [1.165, 1.54) is 22.4 Å². The predicted molar refractivity (Wildman–Crippen MR) is 90.4 cm³/mol. The lowest BCUT2D eigenvalue weighted by atomic mass is 9.96. The molecule has 1 fully saturated rings. The van der Waals surface area contributed by atoms with E-state index in [1.807, 2.05) is 0 Å². The average Bonchev–Trinajstić information content (AvgIpc) is 2.37. The molecule has 1 aromatic rings. The fourth-order valence-corrected chi connectivity index (χ4v) is 5.63. The van der Waals surface area contributed by atoms with Gasteiger partial charge in [0.2, 0.25) is 0 Å². The molecule has 0 spiro atoms. The Hall–Kier alpha value is -0.120. The minimum Gasteiger partial charge on any atom is -0.326 e. The standard InChI is InChI=1S/C16H25NS2/c1-10-6-5-7-11(2)14(10)8-15(17)16-9-18-12(3)13(4)19-16/h5-7,12-13,15-16H,8-9,17H2,1-4H3. The number of hydrogen-bond acceptors (Lipinski definition) is 3. The van der Waals surface area contributed by atoms with Gasteiger partial charge in [-0.05, 0) is 37.0 Å². The number of thioether (sulfide) groups is 2. The number of aryl methyl sites for hydroxylation is 2. The van der Waals surface area contributed by atoms with Crippen LogP contribution in [0, 0.1) is 13.8 Å². The van der Waals surface area contributed by atoms with Gasteiger partial charge in [-0.15, -0.1) is 0 Å². The van der Waals surface area contributed by atoms with Gasteiger partial charge in [-0.25, -0.2) is 0 Å². The molecule has 19 heavy (non-hydrogen) atoms. The van der Waals surface area contributed by atoms with E-state index in [0.717, 1.165) is 11.7 Å². The lowest BCUT2D eigenvalue weighted by molar-refractivity contribution is 0.653. The maximum Gasteiger partial charge on any atom is 0.0295 e. The van der Waals surface area contributed by atoms with Crippen molar-refractivity contribution in [1.29, 1.82) is 0 Å². The Morgan fingerprint density at radius 2 is 1.84 bits per heavy atom. The largest absolute Gasteiger partial charge is 0.326 e. The molecule has 0 aromatic heterocycles. The first kappa shape index (κ1) is 15.3. The quantitative estimate of drug-likeness (QED) is 0.918. The van der Waals surface area contributed by atoms with Gasteiger partial charge in [-0.3, -0.25) is 0 Å². The second-order valence-electron chi connectivity index (χ2n) is 5.66. The molecule has 0 bridgehead atoms. The molecule has 4 atom stereocenters.